The van der Waals surface area contributed by atoms with Gasteiger partial charge in [0.05, 0.1) is 16.7 Å². The highest BCUT2D eigenvalue weighted by Gasteiger charge is 2.54. The lowest BCUT2D eigenvalue weighted by atomic mass is 9.80. The van der Waals surface area contributed by atoms with Crippen molar-refractivity contribution >= 4 is 10.8 Å². The molecule has 2 atom stereocenters. The van der Waals surface area contributed by atoms with Crippen molar-refractivity contribution in [3.8, 4) is 0 Å². The van der Waals surface area contributed by atoms with Gasteiger partial charge in [-0.3, -0.25) is 4.21 Å². The fourth-order valence-electron chi connectivity index (χ4n) is 3.81. The molecule has 1 aromatic carbocycles. The fraction of sp³-hybridized carbons (Fsp3) is 0.600. The Hall–Kier alpha value is -1.09. The summed E-state index contributed by atoms with van der Waals surface area (Å²) in [6.45, 7) is 0. The maximum atomic E-state index is 13.3. The van der Waals surface area contributed by atoms with Crippen molar-refractivity contribution < 1.29 is 35.7 Å². The van der Waals surface area contributed by atoms with Crippen LogP contribution < -0.4 is 0 Å². The quantitative estimate of drug-likeness (QED) is 0.757. The lowest BCUT2D eigenvalue weighted by Gasteiger charge is -2.39. The maximum Gasteiger partial charge on any atom is 0.416 e. The van der Waals surface area contributed by atoms with Crippen molar-refractivity contribution in [2.45, 2.75) is 54.1 Å². The van der Waals surface area contributed by atoms with Gasteiger partial charge in [0.2, 0.25) is 0 Å². The van der Waals surface area contributed by atoms with E-state index in [0.29, 0.717) is 31.0 Å². The molecule has 1 N–H and O–H groups in total. The summed E-state index contributed by atoms with van der Waals surface area (Å²) in [7, 11) is -1.32. The first-order valence-electron chi connectivity index (χ1n) is 7.33. The summed E-state index contributed by atoms with van der Waals surface area (Å²) in [4.78, 5) is 0. The second-order valence-electron chi connectivity index (χ2n) is 6.31. The third-order valence-corrected chi connectivity index (χ3v) is 6.86. The van der Waals surface area contributed by atoms with E-state index in [9.17, 15) is 35.7 Å². The first-order valence-corrected chi connectivity index (χ1v) is 8.61. The molecular formula is C15H14F6O2S. The molecule has 0 aromatic heterocycles. The van der Waals surface area contributed by atoms with Crippen LogP contribution in [0.25, 0.3) is 0 Å². The zero-order chi connectivity index (χ0) is 17.9. The monoisotopic (exact) mass is 372 g/mol. The molecule has 2 aliphatic rings. The van der Waals surface area contributed by atoms with Gasteiger partial charge in [0.25, 0.3) is 0 Å². The van der Waals surface area contributed by atoms with E-state index in [-0.39, 0.29) is 12.8 Å². The topological polar surface area (TPSA) is 37.3 Å². The molecule has 0 radical (unpaired) electrons. The van der Waals surface area contributed by atoms with Gasteiger partial charge in [-0.1, -0.05) is 6.07 Å². The van der Waals surface area contributed by atoms with Crippen molar-refractivity contribution in [2.75, 3.05) is 0 Å². The fourth-order valence-corrected chi connectivity index (χ4v) is 5.97. The van der Waals surface area contributed by atoms with E-state index in [1.807, 2.05) is 0 Å². The van der Waals surface area contributed by atoms with Gasteiger partial charge >= 0.3 is 12.4 Å². The van der Waals surface area contributed by atoms with Gasteiger partial charge in [0, 0.05) is 26.9 Å². The van der Waals surface area contributed by atoms with Crippen LogP contribution >= 0.6 is 0 Å². The third-order valence-electron chi connectivity index (χ3n) is 4.74. The Morgan fingerprint density at radius 2 is 1.38 bits per heavy atom. The molecule has 2 unspecified atom stereocenters. The molecule has 2 heterocycles. The minimum atomic E-state index is -5.03. The summed E-state index contributed by atoms with van der Waals surface area (Å²) in [6, 6.07) is 1.79. The first kappa shape index (κ1) is 17.7. The average molecular weight is 372 g/mol. The summed E-state index contributed by atoms with van der Waals surface area (Å²) in [5, 5.41) is 9.65. The van der Waals surface area contributed by atoms with Crippen molar-refractivity contribution in [1.29, 1.82) is 0 Å². The highest BCUT2D eigenvalue weighted by molar-refractivity contribution is 7.86. The average Bonchev–Trinajstić information content (AvgIpc) is 2.68. The number of halogens is 6. The Morgan fingerprint density at radius 3 is 1.75 bits per heavy atom. The summed E-state index contributed by atoms with van der Waals surface area (Å²) < 4.78 is 91.8. The zero-order valence-electron chi connectivity index (χ0n) is 12.2. The van der Waals surface area contributed by atoms with Crippen molar-refractivity contribution in [3.63, 3.8) is 0 Å². The largest absolute Gasteiger partial charge is 0.416 e. The minimum absolute atomic E-state index is 0.355. The smallest absolute Gasteiger partial charge is 0.385 e. The molecule has 0 amide bonds. The number of alkyl halides is 6. The lowest BCUT2D eigenvalue weighted by molar-refractivity contribution is -0.149. The second-order valence-corrected chi connectivity index (χ2v) is 8.30. The third kappa shape index (κ3) is 2.85. The van der Waals surface area contributed by atoms with E-state index >= 15 is 0 Å². The van der Waals surface area contributed by atoms with E-state index in [0.717, 1.165) is 0 Å². The lowest BCUT2D eigenvalue weighted by Crippen LogP contribution is -2.42. The summed E-state index contributed by atoms with van der Waals surface area (Å²) in [5.41, 5.74) is -6.37. The standard InChI is InChI=1S/C15H14F6O2S/c16-14(17,18)10-2-1-3-11(15(19,20)21)12(10)13(22)6-8-4-5-9(7-13)24(8)23/h1-3,8-9,22H,4-7H2. The van der Waals surface area contributed by atoms with Gasteiger partial charge in [-0.2, -0.15) is 26.3 Å². The normalized spacial score (nSPS) is 33.7. The van der Waals surface area contributed by atoms with Crippen LogP contribution in [-0.2, 0) is 28.8 Å². The number of benzene rings is 1. The van der Waals surface area contributed by atoms with Crippen LogP contribution in [0.3, 0.4) is 0 Å². The Labute approximate surface area is 136 Å². The minimum Gasteiger partial charge on any atom is -0.385 e. The van der Waals surface area contributed by atoms with Crippen LogP contribution in [0, 0.1) is 0 Å². The van der Waals surface area contributed by atoms with Crippen LogP contribution in [0.2, 0.25) is 0 Å². The molecule has 2 bridgehead atoms. The molecule has 2 fully saturated rings. The predicted molar refractivity (Wildman–Crippen MR) is 74.5 cm³/mol. The molecule has 24 heavy (non-hydrogen) atoms. The van der Waals surface area contributed by atoms with Crippen LogP contribution in [0.15, 0.2) is 18.2 Å². The molecule has 1 aromatic rings. The van der Waals surface area contributed by atoms with Gasteiger partial charge in [-0.15, -0.1) is 0 Å². The Morgan fingerprint density at radius 1 is 0.958 bits per heavy atom. The number of hydrogen-bond donors (Lipinski definition) is 1. The zero-order valence-corrected chi connectivity index (χ0v) is 13.1. The van der Waals surface area contributed by atoms with Gasteiger partial charge < -0.3 is 5.11 Å². The highest BCUT2D eigenvalue weighted by Crippen LogP contribution is 2.51. The number of rotatable bonds is 1. The van der Waals surface area contributed by atoms with Crippen LogP contribution in [0.1, 0.15) is 42.4 Å². The predicted octanol–water partition coefficient (Wildman–Crippen LogP) is 3.99. The van der Waals surface area contributed by atoms with E-state index in [4.69, 9.17) is 0 Å². The van der Waals surface area contributed by atoms with E-state index < -0.39 is 55.9 Å². The van der Waals surface area contributed by atoms with Crippen LogP contribution in [-0.4, -0.2) is 19.8 Å². The SMILES string of the molecule is O=S1C2CCC1CC(O)(c1c(C(F)(F)F)cccc1C(F)(F)F)C2. The Kier molecular flexibility index (Phi) is 4.03. The molecule has 0 spiro atoms. The number of aliphatic hydroxyl groups is 1. The number of fused-ring (bicyclic) bond motifs is 2. The Balaban J connectivity index is 2.20. The van der Waals surface area contributed by atoms with Crippen LogP contribution in [0.5, 0.6) is 0 Å². The van der Waals surface area contributed by atoms with E-state index in [2.05, 4.69) is 0 Å². The highest BCUT2D eigenvalue weighted by atomic mass is 32.2. The molecule has 2 nitrogen and oxygen atoms in total. The molecule has 134 valence electrons. The molecule has 3 rings (SSSR count). The van der Waals surface area contributed by atoms with E-state index in [1.165, 1.54) is 0 Å². The molecule has 2 aliphatic heterocycles. The van der Waals surface area contributed by atoms with Gasteiger partial charge in [-0.05, 0) is 37.8 Å². The second kappa shape index (κ2) is 5.45. The Bertz CT molecular complexity index is 633. The summed E-state index contributed by atoms with van der Waals surface area (Å²) >= 11 is 0. The number of hydrogen-bond acceptors (Lipinski definition) is 2. The summed E-state index contributed by atoms with van der Waals surface area (Å²) in [6.07, 6.45) is -9.88. The molecule has 9 heteroatoms. The van der Waals surface area contributed by atoms with Gasteiger partial charge in [0.1, 0.15) is 0 Å². The summed E-state index contributed by atoms with van der Waals surface area (Å²) in [5.74, 6) is 0. The maximum absolute atomic E-state index is 13.3. The first-order chi connectivity index (χ1) is 10.9. The molecule has 2 saturated heterocycles. The van der Waals surface area contributed by atoms with Crippen molar-refractivity contribution in [3.05, 3.63) is 34.9 Å². The van der Waals surface area contributed by atoms with E-state index in [1.54, 1.807) is 0 Å². The van der Waals surface area contributed by atoms with Gasteiger partial charge in [0.15, 0.2) is 0 Å². The van der Waals surface area contributed by atoms with Crippen molar-refractivity contribution in [2.24, 2.45) is 0 Å². The molecule has 0 saturated carbocycles. The van der Waals surface area contributed by atoms with Crippen molar-refractivity contribution in [1.82, 2.24) is 0 Å². The van der Waals surface area contributed by atoms with Crippen LogP contribution in [0.4, 0.5) is 26.3 Å². The molecular weight excluding hydrogens is 358 g/mol. The molecule has 0 aliphatic carbocycles. The van der Waals surface area contributed by atoms with Gasteiger partial charge in [-0.25, -0.2) is 0 Å².